The summed E-state index contributed by atoms with van der Waals surface area (Å²) in [6.45, 7) is 0. The maximum Gasteiger partial charge on any atom is 0.416 e. The van der Waals surface area contributed by atoms with Crippen molar-refractivity contribution in [1.82, 2.24) is 4.98 Å². The molecule has 0 radical (unpaired) electrons. The Balaban J connectivity index is 1.83. The molecule has 3 N–H and O–H groups in total. The van der Waals surface area contributed by atoms with Gasteiger partial charge in [-0.1, -0.05) is 24.3 Å². The molecule has 6 nitrogen and oxygen atoms in total. The van der Waals surface area contributed by atoms with E-state index < -0.39 is 28.1 Å². The van der Waals surface area contributed by atoms with Crippen LogP contribution in [0.3, 0.4) is 0 Å². The Morgan fingerprint density at radius 2 is 1.78 bits per heavy atom. The van der Waals surface area contributed by atoms with Gasteiger partial charge in [-0.15, -0.1) is 0 Å². The van der Waals surface area contributed by atoms with Gasteiger partial charge in [-0.2, -0.15) is 13.2 Å². The fourth-order valence-electron chi connectivity index (χ4n) is 3.43. The quantitative estimate of drug-likeness (QED) is 0.469. The molecule has 0 aliphatic heterocycles. The van der Waals surface area contributed by atoms with Gasteiger partial charge in [-0.3, -0.25) is 9.71 Å². The first kappa shape index (κ1) is 22.3. The third-order valence-electron chi connectivity index (χ3n) is 5.17. The number of hydrogen-bond donors (Lipinski definition) is 3. The standard InChI is InChI=1S/C22H19F3N2O4S/c23-22(24,25)15-7-9-17(18-3-1-2-10-26-18)19(12-15)27-32(30,31)20-11-14(21(28)29)6-8-16(20)13-4-5-13/h1-3,6-13,21,27-29H,4-5H2. The van der Waals surface area contributed by atoms with Crippen LogP contribution in [-0.4, -0.2) is 23.6 Å². The largest absolute Gasteiger partial charge is 0.416 e. The number of halogens is 3. The Labute approximate surface area is 182 Å². The van der Waals surface area contributed by atoms with E-state index >= 15 is 0 Å². The van der Waals surface area contributed by atoms with Crippen molar-refractivity contribution in [3.8, 4) is 11.3 Å². The number of benzene rings is 2. The normalized spacial score (nSPS) is 14.6. The van der Waals surface area contributed by atoms with Crippen LogP contribution in [0.5, 0.6) is 0 Å². The minimum atomic E-state index is -4.68. The summed E-state index contributed by atoms with van der Waals surface area (Å²) in [6, 6.07) is 11.6. The van der Waals surface area contributed by atoms with Crippen molar-refractivity contribution in [3.05, 3.63) is 77.5 Å². The molecular weight excluding hydrogens is 445 g/mol. The number of rotatable bonds is 6. The minimum absolute atomic E-state index is 0.0109. The van der Waals surface area contributed by atoms with Crippen molar-refractivity contribution < 1.29 is 31.8 Å². The summed E-state index contributed by atoms with van der Waals surface area (Å²) in [5.41, 5.74) is -0.390. The first-order valence-electron chi connectivity index (χ1n) is 9.72. The molecule has 0 unspecified atom stereocenters. The fraction of sp³-hybridized carbons (Fsp3) is 0.227. The van der Waals surface area contributed by atoms with Crippen LogP contribution < -0.4 is 4.72 Å². The number of hydrogen-bond acceptors (Lipinski definition) is 5. The van der Waals surface area contributed by atoms with Crippen LogP contribution in [-0.2, 0) is 16.2 Å². The molecule has 1 aliphatic rings. The van der Waals surface area contributed by atoms with Gasteiger partial charge in [0.05, 0.1) is 21.8 Å². The Morgan fingerprint density at radius 3 is 2.38 bits per heavy atom. The lowest BCUT2D eigenvalue weighted by molar-refractivity contribution is -0.137. The lowest BCUT2D eigenvalue weighted by atomic mass is 10.1. The summed E-state index contributed by atoms with van der Waals surface area (Å²) >= 11 is 0. The average Bonchev–Trinajstić information content (AvgIpc) is 3.58. The zero-order chi connectivity index (χ0) is 23.1. The summed E-state index contributed by atoms with van der Waals surface area (Å²) in [7, 11) is -4.37. The van der Waals surface area contributed by atoms with Gasteiger partial charge in [0.2, 0.25) is 0 Å². The van der Waals surface area contributed by atoms with Gasteiger partial charge in [-0.25, -0.2) is 8.42 Å². The SMILES string of the molecule is O=S(=O)(Nc1cc(C(F)(F)F)ccc1-c1ccccn1)c1cc(C(O)O)ccc1C1CC1. The molecule has 0 amide bonds. The highest BCUT2D eigenvalue weighted by Gasteiger charge is 2.34. The van der Waals surface area contributed by atoms with E-state index in [1.165, 1.54) is 24.4 Å². The Bertz CT molecular complexity index is 1240. The minimum Gasteiger partial charge on any atom is -0.364 e. The number of anilines is 1. The summed E-state index contributed by atoms with van der Waals surface area (Å²) in [5, 5.41) is 18.9. The predicted molar refractivity (Wildman–Crippen MR) is 111 cm³/mol. The van der Waals surface area contributed by atoms with Crippen LogP contribution in [0.4, 0.5) is 18.9 Å². The number of alkyl halides is 3. The number of nitrogens with zero attached hydrogens (tertiary/aromatic N) is 1. The molecule has 0 atom stereocenters. The van der Waals surface area contributed by atoms with Crippen molar-refractivity contribution in [2.75, 3.05) is 4.72 Å². The molecule has 4 rings (SSSR count). The highest BCUT2D eigenvalue weighted by Crippen LogP contribution is 2.44. The first-order chi connectivity index (χ1) is 15.1. The fourth-order valence-corrected chi connectivity index (χ4v) is 4.83. The number of aromatic nitrogens is 1. The van der Waals surface area contributed by atoms with Gasteiger partial charge in [0.15, 0.2) is 6.29 Å². The summed E-state index contributed by atoms with van der Waals surface area (Å²) in [4.78, 5) is 3.92. The molecule has 0 bridgehead atoms. The third-order valence-corrected chi connectivity index (χ3v) is 6.60. The summed E-state index contributed by atoms with van der Waals surface area (Å²) < 4.78 is 68.9. The Kier molecular flexibility index (Phi) is 5.70. The molecule has 1 saturated carbocycles. The van der Waals surface area contributed by atoms with E-state index in [1.54, 1.807) is 18.2 Å². The van der Waals surface area contributed by atoms with Gasteiger partial charge < -0.3 is 10.2 Å². The molecule has 168 valence electrons. The van der Waals surface area contributed by atoms with Crippen LogP contribution in [0.2, 0.25) is 0 Å². The van der Waals surface area contributed by atoms with Gasteiger partial charge in [0.1, 0.15) is 0 Å². The van der Waals surface area contributed by atoms with Crippen LogP contribution in [0.1, 0.15) is 41.7 Å². The topological polar surface area (TPSA) is 99.5 Å². The molecule has 1 aliphatic carbocycles. The van der Waals surface area contributed by atoms with Gasteiger partial charge >= 0.3 is 6.18 Å². The Hall–Kier alpha value is -2.95. The highest BCUT2D eigenvalue weighted by atomic mass is 32.2. The molecular formula is C22H19F3N2O4S. The maximum atomic E-state index is 13.3. The second kappa shape index (κ2) is 8.19. The molecule has 3 aromatic rings. The van der Waals surface area contributed by atoms with Crippen LogP contribution in [0, 0.1) is 0 Å². The van der Waals surface area contributed by atoms with E-state index in [1.807, 2.05) is 0 Å². The van der Waals surface area contributed by atoms with Gasteiger partial charge in [0, 0.05) is 17.3 Å². The molecule has 2 aromatic carbocycles. The Morgan fingerprint density at radius 1 is 1.03 bits per heavy atom. The summed E-state index contributed by atoms with van der Waals surface area (Å²) in [5.74, 6) is -0.0109. The number of aliphatic hydroxyl groups is 2. The predicted octanol–water partition coefficient (Wildman–Crippen LogP) is 4.43. The van der Waals surface area contributed by atoms with Crippen molar-refractivity contribution in [3.63, 3.8) is 0 Å². The maximum absolute atomic E-state index is 13.3. The van der Waals surface area contributed by atoms with Crippen molar-refractivity contribution in [2.45, 2.75) is 36.1 Å². The van der Waals surface area contributed by atoms with E-state index in [9.17, 15) is 31.8 Å². The van der Waals surface area contributed by atoms with Gasteiger partial charge in [-0.05, 0) is 54.7 Å². The monoisotopic (exact) mass is 464 g/mol. The highest BCUT2D eigenvalue weighted by molar-refractivity contribution is 7.92. The second-order valence-corrected chi connectivity index (χ2v) is 9.17. The number of sulfonamides is 1. The van der Waals surface area contributed by atoms with E-state index in [2.05, 4.69) is 9.71 Å². The van der Waals surface area contributed by atoms with E-state index in [-0.39, 0.29) is 27.6 Å². The lowest BCUT2D eigenvalue weighted by Gasteiger charge is -2.18. The number of nitrogens with one attached hydrogen (secondary N) is 1. The first-order valence-corrected chi connectivity index (χ1v) is 11.2. The molecule has 0 spiro atoms. The van der Waals surface area contributed by atoms with Crippen LogP contribution in [0.25, 0.3) is 11.3 Å². The molecule has 10 heteroatoms. The average molecular weight is 464 g/mol. The number of aliphatic hydroxyl groups excluding tert-OH is 1. The number of pyridine rings is 1. The molecule has 1 fully saturated rings. The van der Waals surface area contributed by atoms with Crippen LogP contribution >= 0.6 is 0 Å². The third kappa shape index (κ3) is 4.62. The van der Waals surface area contributed by atoms with Crippen molar-refractivity contribution in [1.29, 1.82) is 0 Å². The van der Waals surface area contributed by atoms with E-state index in [4.69, 9.17) is 0 Å². The lowest BCUT2D eigenvalue weighted by Crippen LogP contribution is -2.17. The molecule has 32 heavy (non-hydrogen) atoms. The van der Waals surface area contributed by atoms with Crippen LogP contribution in [0.15, 0.2) is 65.7 Å². The van der Waals surface area contributed by atoms with Crippen molar-refractivity contribution >= 4 is 15.7 Å². The molecule has 1 aromatic heterocycles. The molecule has 1 heterocycles. The summed E-state index contributed by atoms with van der Waals surface area (Å²) in [6.07, 6.45) is -3.58. The zero-order valence-corrected chi connectivity index (χ0v) is 17.4. The van der Waals surface area contributed by atoms with Crippen molar-refractivity contribution in [2.24, 2.45) is 0 Å². The zero-order valence-electron chi connectivity index (χ0n) is 16.5. The smallest absolute Gasteiger partial charge is 0.364 e. The molecule has 0 saturated heterocycles. The van der Waals surface area contributed by atoms with E-state index in [0.717, 1.165) is 31.0 Å². The van der Waals surface area contributed by atoms with E-state index in [0.29, 0.717) is 11.3 Å². The second-order valence-electron chi connectivity index (χ2n) is 7.52. The van der Waals surface area contributed by atoms with Gasteiger partial charge in [0.25, 0.3) is 10.0 Å².